The summed E-state index contributed by atoms with van der Waals surface area (Å²) < 4.78 is 45.0. The van der Waals surface area contributed by atoms with Gasteiger partial charge < -0.3 is 4.74 Å². The maximum Gasteiger partial charge on any atom is 0.338 e. The summed E-state index contributed by atoms with van der Waals surface area (Å²) in [5, 5.41) is 0. The minimum absolute atomic E-state index is 0.0275. The fourth-order valence-corrected chi connectivity index (χ4v) is 3.48. The van der Waals surface area contributed by atoms with Gasteiger partial charge in [-0.05, 0) is 60.7 Å². The number of nitrogens with one attached hydrogen (secondary N) is 1. The van der Waals surface area contributed by atoms with Crippen molar-refractivity contribution in [2.45, 2.75) is 4.90 Å². The first-order valence-electron chi connectivity index (χ1n) is 8.49. The molecule has 8 heteroatoms. The van der Waals surface area contributed by atoms with Gasteiger partial charge in [0.15, 0.2) is 12.4 Å². The Kier molecular flexibility index (Phi) is 6.04. The van der Waals surface area contributed by atoms with Gasteiger partial charge in [0, 0.05) is 11.3 Å². The van der Waals surface area contributed by atoms with Crippen molar-refractivity contribution in [1.82, 2.24) is 0 Å². The Labute approximate surface area is 167 Å². The van der Waals surface area contributed by atoms with Gasteiger partial charge in [0.2, 0.25) is 0 Å². The summed E-state index contributed by atoms with van der Waals surface area (Å²) in [7, 11) is -3.81. The van der Waals surface area contributed by atoms with Gasteiger partial charge in [-0.2, -0.15) is 0 Å². The molecule has 0 aliphatic heterocycles. The average molecular weight is 413 g/mol. The number of ether oxygens (including phenoxy) is 1. The first-order valence-corrected chi connectivity index (χ1v) is 9.97. The minimum atomic E-state index is -3.81. The van der Waals surface area contributed by atoms with Gasteiger partial charge in [-0.15, -0.1) is 0 Å². The van der Waals surface area contributed by atoms with E-state index in [9.17, 15) is 22.4 Å². The predicted octanol–water partition coefficient (Wildman–Crippen LogP) is 3.67. The number of hydrogen-bond acceptors (Lipinski definition) is 5. The highest BCUT2D eigenvalue weighted by atomic mass is 32.2. The largest absolute Gasteiger partial charge is 0.454 e. The predicted molar refractivity (Wildman–Crippen MR) is 105 cm³/mol. The molecule has 0 atom stereocenters. The molecule has 0 bridgehead atoms. The van der Waals surface area contributed by atoms with Gasteiger partial charge in [0.05, 0.1) is 10.5 Å². The van der Waals surface area contributed by atoms with Crippen LogP contribution in [-0.4, -0.2) is 26.8 Å². The number of carbonyl (C=O) groups excluding carboxylic acids is 2. The summed E-state index contributed by atoms with van der Waals surface area (Å²) in [6.45, 7) is -0.514. The fraction of sp³-hybridized carbons (Fsp3) is 0.0476. The maximum atomic E-state index is 12.9. The number of sulfonamides is 1. The number of halogens is 1. The van der Waals surface area contributed by atoms with Crippen molar-refractivity contribution in [3.05, 3.63) is 95.8 Å². The normalized spacial score (nSPS) is 10.9. The lowest BCUT2D eigenvalue weighted by Gasteiger charge is -2.09. The number of anilines is 1. The summed E-state index contributed by atoms with van der Waals surface area (Å²) in [6.07, 6.45) is 0. The second-order valence-electron chi connectivity index (χ2n) is 6.00. The van der Waals surface area contributed by atoms with Crippen molar-refractivity contribution in [3.8, 4) is 0 Å². The molecule has 6 nitrogen and oxygen atoms in total. The first kappa shape index (κ1) is 20.2. The van der Waals surface area contributed by atoms with Gasteiger partial charge in [-0.3, -0.25) is 9.52 Å². The number of esters is 1. The zero-order valence-corrected chi connectivity index (χ0v) is 15.9. The Bertz CT molecular complexity index is 1110. The zero-order valence-electron chi connectivity index (χ0n) is 15.0. The third-order valence-electron chi connectivity index (χ3n) is 3.93. The second kappa shape index (κ2) is 8.66. The van der Waals surface area contributed by atoms with Crippen molar-refractivity contribution < 1.29 is 27.1 Å². The van der Waals surface area contributed by atoms with Gasteiger partial charge in [-0.25, -0.2) is 17.6 Å². The lowest BCUT2D eigenvalue weighted by atomic mass is 10.1. The van der Waals surface area contributed by atoms with Gasteiger partial charge in [-0.1, -0.05) is 18.2 Å². The van der Waals surface area contributed by atoms with Crippen LogP contribution in [0.15, 0.2) is 83.8 Å². The van der Waals surface area contributed by atoms with Crippen molar-refractivity contribution >= 4 is 27.5 Å². The van der Waals surface area contributed by atoms with Crippen molar-refractivity contribution in [2.75, 3.05) is 11.3 Å². The van der Waals surface area contributed by atoms with E-state index in [1.54, 1.807) is 30.3 Å². The van der Waals surface area contributed by atoms with Crippen LogP contribution in [0, 0.1) is 5.82 Å². The second-order valence-corrected chi connectivity index (χ2v) is 7.68. The maximum absolute atomic E-state index is 12.9. The average Bonchev–Trinajstić information content (AvgIpc) is 2.73. The number of ketones is 1. The Morgan fingerprint density at radius 2 is 1.41 bits per heavy atom. The molecule has 3 aromatic rings. The molecule has 29 heavy (non-hydrogen) atoms. The van der Waals surface area contributed by atoms with Crippen LogP contribution < -0.4 is 4.72 Å². The SMILES string of the molecule is O=C(COC(=O)c1ccc(S(=O)(=O)Nc2ccccc2)cc1)c1ccc(F)cc1. The van der Waals surface area contributed by atoms with Crippen LogP contribution in [0.2, 0.25) is 0 Å². The highest BCUT2D eigenvalue weighted by Crippen LogP contribution is 2.17. The molecule has 3 aromatic carbocycles. The van der Waals surface area contributed by atoms with E-state index >= 15 is 0 Å². The van der Waals surface area contributed by atoms with Crippen molar-refractivity contribution in [2.24, 2.45) is 0 Å². The fourth-order valence-electron chi connectivity index (χ4n) is 2.42. The number of carbonyl (C=O) groups is 2. The number of rotatable bonds is 7. The molecular formula is C21H16FNO5S. The van der Waals surface area contributed by atoms with E-state index in [2.05, 4.69) is 4.72 Å². The third-order valence-corrected chi connectivity index (χ3v) is 5.32. The number of Topliss-reactive ketones (excluding diaryl/α,β-unsaturated/α-hetero) is 1. The van der Waals surface area contributed by atoms with E-state index in [4.69, 9.17) is 4.74 Å². The lowest BCUT2D eigenvalue weighted by Crippen LogP contribution is -2.15. The monoisotopic (exact) mass is 413 g/mol. The molecule has 0 heterocycles. The lowest BCUT2D eigenvalue weighted by molar-refractivity contribution is 0.0474. The Morgan fingerprint density at radius 1 is 0.828 bits per heavy atom. The molecular weight excluding hydrogens is 397 g/mol. The molecule has 3 rings (SSSR count). The van der Waals surface area contributed by atoms with E-state index in [0.29, 0.717) is 5.69 Å². The summed E-state index contributed by atoms with van der Waals surface area (Å²) in [6, 6.07) is 18.4. The smallest absolute Gasteiger partial charge is 0.338 e. The summed E-state index contributed by atoms with van der Waals surface area (Å²) in [4.78, 5) is 24.0. The molecule has 1 N–H and O–H groups in total. The van der Waals surface area contributed by atoms with Gasteiger partial charge in [0.25, 0.3) is 10.0 Å². The topological polar surface area (TPSA) is 89.5 Å². The molecule has 0 aliphatic carbocycles. The third kappa shape index (κ3) is 5.26. The van der Waals surface area contributed by atoms with Crippen LogP contribution in [0.5, 0.6) is 0 Å². The molecule has 0 saturated carbocycles. The van der Waals surface area contributed by atoms with Gasteiger partial charge >= 0.3 is 5.97 Å². The van der Waals surface area contributed by atoms with E-state index in [-0.39, 0.29) is 16.0 Å². The van der Waals surface area contributed by atoms with Crippen LogP contribution >= 0.6 is 0 Å². The zero-order chi connectivity index (χ0) is 20.9. The standard InChI is InChI=1S/C21H16FNO5S/c22-17-10-6-15(7-11-17)20(24)14-28-21(25)16-8-12-19(13-9-16)29(26,27)23-18-4-2-1-3-5-18/h1-13,23H,14H2. The summed E-state index contributed by atoms with van der Waals surface area (Å²) in [5.74, 6) is -1.74. The number of para-hydroxylation sites is 1. The molecule has 0 fully saturated rings. The Morgan fingerprint density at radius 3 is 2.03 bits per heavy atom. The van der Waals surface area contributed by atoms with E-state index in [1.807, 2.05) is 0 Å². The molecule has 0 amide bonds. The quantitative estimate of drug-likeness (QED) is 0.472. The molecule has 0 saturated heterocycles. The Balaban J connectivity index is 1.62. The van der Waals surface area contributed by atoms with Crippen molar-refractivity contribution in [1.29, 1.82) is 0 Å². The molecule has 0 spiro atoms. The van der Waals surface area contributed by atoms with E-state index < -0.39 is 34.2 Å². The van der Waals surface area contributed by atoms with Crippen LogP contribution in [0.4, 0.5) is 10.1 Å². The summed E-state index contributed by atoms with van der Waals surface area (Å²) >= 11 is 0. The minimum Gasteiger partial charge on any atom is -0.454 e. The molecule has 0 radical (unpaired) electrons. The van der Waals surface area contributed by atoms with Crippen LogP contribution in [-0.2, 0) is 14.8 Å². The van der Waals surface area contributed by atoms with Crippen molar-refractivity contribution in [3.63, 3.8) is 0 Å². The highest BCUT2D eigenvalue weighted by molar-refractivity contribution is 7.92. The van der Waals surface area contributed by atoms with E-state index in [0.717, 1.165) is 12.1 Å². The van der Waals surface area contributed by atoms with Crippen LogP contribution in [0.25, 0.3) is 0 Å². The molecule has 0 aromatic heterocycles. The molecule has 0 aliphatic rings. The van der Waals surface area contributed by atoms with Gasteiger partial charge in [0.1, 0.15) is 5.82 Å². The summed E-state index contributed by atoms with van der Waals surface area (Å²) in [5.41, 5.74) is 0.721. The Hall–Kier alpha value is -3.52. The van der Waals surface area contributed by atoms with E-state index in [1.165, 1.54) is 36.4 Å². The first-order chi connectivity index (χ1) is 13.8. The number of benzene rings is 3. The highest BCUT2D eigenvalue weighted by Gasteiger charge is 2.16. The van der Waals surface area contributed by atoms with Crippen LogP contribution in [0.1, 0.15) is 20.7 Å². The molecule has 0 unspecified atom stereocenters. The number of hydrogen-bond donors (Lipinski definition) is 1. The van der Waals surface area contributed by atoms with Crippen LogP contribution in [0.3, 0.4) is 0 Å². The molecule has 148 valence electrons.